The van der Waals surface area contributed by atoms with Gasteiger partial charge < -0.3 is 16.2 Å². The van der Waals surface area contributed by atoms with E-state index in [1.165, 1.54) is 0 Å². The second-order valence-corrected chi connectivity index (χ2v) is 4.68. The smallest absolute Gasteiger partial charge is 0.0471 e. The number of nitrogens with one attached hydrogen (secondary N) is 1. The predicted molar refractivity (Wildman–Crippen MR) is 65.8 cm³/mol. The molecule has 0 aliphatic carbocycles. The number of aliphatic hydroxyl groups excluding tert-OH is 1. The molecule has 3 heteroatoms. The van der Waals surface area contributed by atoms with Crippen LogP contribution in [-0.4, -0.2) is 29.8 Å². The maximum absolute atomic E-state index is 9.11. The first-order valence-corrected chi connectivity index (χ1v) is 6.13. The molecule has 0 heterocycles. The van der Waals surface area contributed by atoms with E-state index in [0.717, 1.165) is 19.3 Å². The van der Waals surface area contributed by atoms with Gasteiger partial charge in [-0.25, -0.2) is 0 Å². The Hall–Kier alpha value is -0.120. The summed E-state index contributed by atoms with van der Waals surface area (Å²) in [6.45, 7) is 9.43. The van der Waals surface area contributed by atoms with Crippen LogP contribution in [0.15, 0.2) is 0 Å². The maximum atomic E-state index is 9.11. The van der Waals surface area contributed by atoms with Gasteiger partial charge in [0.1, 0.15) is 0 Å². The van der Waals surface area contributed by atoms with Crippen molar-refractivity contribution in [3.63, 3.8) is 0 Å². The summed E-state index contributed by atoms with van der Waals surface area (Å²) >= 11 is 0. The van der Waals surface area contributed by atoms with Crippen molar-refractivity contribution in [2.24, 2.45) is 11.7 Å². The van der Waals surface area contributed by atoms with Gasteiger partial charge in [-0.15, -0.1) is 0 Å². The summed E-state index contributed by atoms with van der Waals surface area (Å²) < 4.78 is 0. The molecule has 3 unspecified atom stereocenters. The summed E-state index contributed by atoms with van der Waals surface area (Å²) in [7, 11) is 0. The zero-order valence-electron chi connectivity index (χ0n) is 10.7. The Kier molecular flexibility index (Phi) is 7.14. The van der Waals surface area contributed by atoms with Crippen LogP contribution in [0.3, 0.4) is 0 Å². The van der Waals surface area contributed by atoms with Crippen LogP contribution >= 0.6 is 0 Å². The van der Waals surface area contributed by atoms with Gasteiger partial charge >= 0.3 is 0 Å². The fourth-order valence-electron chi connectivity index (χ4n) is 1.92. The fraction of sp³-hybridized carbons (Fsp3) is 1.00. The molecule has 0 radical (unpaired) electrons. The molecule has 3 atom stereocenters. The first kappa shape index (κ1) is 14.9. The van der Waals surface area contributed by atoms with Crippen molar-refractivity contribution >= 4 is 0 Å². The van der Waals surface area contributed by atoms with Crippen molar-refractivity contribution < 1.29 is 5.11 Å². The van der Waals surface area contributed by atoms with Crippen molar-refractivity contribution in [1.29, 1.82) is 0 Å². The zero-order chi connectivity index (χ0) is 11.9. The lowest BCUT2D eigenvalue weighted by Gasteiger charge is -2.37. The van der Waals surface area contributed by atoms with Gasteiger partial charge in [-0.3, -0.25) is 0 Å². The van der Waals surface area contributed by atoms with Gasteiger partial charge in [0.05, 0.1) is 0 Å². The van der Waals surface area contributed by atoms with Crippen molar-refractivity contribution in [2.75, 3.05) is 13.2 Å². The number of hydrogen-bond acceptors (Lipinski definition) is 3. The Morgan fingerprint density at radius 3 is 2.27 bits per heavy atom. The van der Waals surface area contributed by atoms with Crippen molar-refractivity contribution in [1.82, 2.24) is 5.32 Å². The highest BCUT2D eigenvalue weighted by Gasteiger charge is 2.28. The minimum atomic E-state index is 0.0532. The summed E-state index contributed by atoms with van der Waals surface area (Å²) in [4.78, 5) is 0. The minimum Gasteiger partial charge on any atom is -0.396 e. The van der Waals surface area contributed by atoms with Crippen LogP contribution in [0.4, 0.5) is 0 Å². The molecule has 0 spiro atoms. The van der Waals surface area contributed by atoms with E-state index in [1.54, 1.807) is 0 Å². The fourth-order valence-corrected chi connectivity index (χ4v) is 1.92. The standard InChI is InChI=1S/C12H28N2O/c1-5-7-12(6-2,9-13)14-11(4)10(3)8-15/h10-11,14-15H,5-9,13H2,1-4H3. The van der Waals surface area contributed by atoms with Crippen molar-refractivity contribution in [3.05, 3.63) is 0 Å². The molecule has 0 aromatic carbocycles. The van der Waals surface area contributed by atoms with Crippen LogP contribution in [0.2, 0.25) is 0 Å². The number of aliphatic hydroxyl groups is 1. The molecule has 0 amide bonds. The Bertz CT molecular complexity index is 158. The Morgan fingerprint density at radius 2 is 1.93 bits per heavy atom. The largest absolute Gasteiger partial charge is 0.396 e. The van der Waals surface area contributed by atoms with Gasteiger partial charge in [0.25, 0.3) is 0 Å². The molecule has 0 aliphatic rings. The highest BCUT2D eigenvalue weighted by atomic mass is 16.3. The molecular formula is C12H28N2O. The molecule has 0 rings (SSSR count). The summed E-state index contributed by atoms with van der Waals surface area (Å²) in [5.74, 6) is 0.277. The van der Waals surface area contributed by atoms with Gasteiger partial charge in [0.15, 0.2) is 0 Å². The zero-order valence-corrected chi connectivity index (χ0v) is 10.7. The van der Waals surface area contributed by atoms with Gasteiger partial charge in [-0.2, -0.15) is 0 Å². The first-order chi connectivity index (χ1) is 7.05. The van der Waals surface area contributed by atoms with Gasteiger partial charge in [-0.1, -0.05) is 27.2 Å². The molecule has 0 saturated heterocycles. The number of nitrogens with two attached hydrogens (primary N) is 1. The lowest BCUT2D eigenvalue weighted by molar-refractivity contribution is 0.173. The molecule has 3 nitrogen and oxygen atoms in total. The van der Waals surface area contributed by atoms with Crippen LogP contribution < -0.4 is 11.1 Å². The molecular weight excluding hydrogens is 188 g/mol. The van der Waals surface area contributed by atoms with E-state index in [2.05, 4.69) is 33.0 Å². The topological polar surface area (TPSA) is 58.3 Å². The molecule has 0 aromatic heterocycles. The van der Waals surface area contributed by atoms with E-state index in [9.17, 15) is 0 Å². The number of hydrogen-bond donors (Lipinski definition) is 3. The predicted octanol–water partition coefficient (Wildman–Crippen LogP) is 1.50. The molecule has 4 N–H and O–H groups in total. The van der Waals surface area contributed by atoms with Gasteiger partial charge in [0, 0.05) is 24.7 Å². The van der Waals surface area contributed by atoms with E-state index in [1.807, 2.05) is 0 Å². The van der Waals surface area contributed by atoms with Crippen LogP contribution in [-0.2, 0) is 0 Å². The second-order valence-electron chi connectivity index (χ2n) is 4.68. The van der Waals surface area contributed by atoms with Gasteiger partial charge in [0.2, 0.25) is 0 Å². The lowest BCUT2D eigenvalue weighted by atomic mass is 9.88. The van der Waals surface area contributed by atoms with Gasteiger partial charge in [-0.05, 0) is 25.7 Å². The highest BCUT2D eigenvalue weighted by molar-refractivity contribution is 4.90. The first-order valence-electron chi connectivity index (χ1n) is 6.13. The third-order valence-corrected chi connectivity index (χ3v) is 3.47. The van der Waals surface area contributed by atoms with Crippen LogP contribution in [0, 0.1) is 5.92 Å². The quantitative estimate of drug-likeness (QED) is 0.576. The Morgan fingerprint density at radius 1 is 1.33 bits per heavy atom. The average molecular weight is 216 g/mol. The van der Waals surface area contributed by atoms with E-state index in [4.69, 9.17) is 10.8 Å². The summed E-state index contributed by atoms with van der Waals surface area (Å²) in [6, 6.07) is 0.310. The molecule has 0 fully saturated rings. The van der Waals surface area contributed by atoms with Crippen LogP contribution in [0.5, 0.6) is 0 Å². The Balaban J connectivity index is 4.38. The second kappa shape index (κ2) is 7.20. The van der Waals surface area contributed by atoms with E-state index in [0.29, 0.717) is 12.6 Å². The summed E-state index contributed by atoms with van der Waals surface area (Å²) in [6.07, 6.45) is 3.28. The monoisotopic (exact) mass is 216 g/mol. The van der Waals surface area contributed by atoms with Crippen LogP contribution in [0.25, 0.3) is 0 Å². The Labute approximate surface area is 94.4 Å². The van der Waals surface area contributed by atoms with Crippen molar-refractivity contribution in [3.8, 4) is 0 Å². The minimum absolute atomic E-state index is 0.0532. The molecule has 0 aromatic rings. The SMILES string of the molecule is CCCC(CC)(CN)NC(C)C(C)CO. The number of rotatable bonds is 8. The third-order valence-electron chi connectivity index (χ3n) is 3.47. The van der Waals surface area contributed by atoms with E-state index in [-0.39, 0.29) is 18.1 Å². The normalized spacial score (nSPS) is 19.6. The van der Waals surface area contributed by atoms with Crippen molar-refractivity contribution in [2.45, 2.75) is 58.5 Å². The third kappa shape index (κ3) is 4.49. The van der Waals surface area contributed by atoms with E-state index < -0.39 is 0 Å². The molecule has 0 aliphatic heterocycles. The molecule has 15 heavy (non-hydrogen) atoms. The molecule has 0 saturated carbocycles. The summed E-state index contributed by atoms with van der Waals surface area (Å²) in [5.41, 5.74) is 5.92. The summed E-state index contributed by atoms with van der Waals surface area (Å²) in [5, 5.41) is 12.7. The molecule has 0 bridgehead atoms. The molecule has 92 valence electrons. The van der Waals surface area contributed by atoms with Crippen LogP contribution in [0.1, 0.15) is 47.0 Å². The van der Waals surface area contributed by atoms with E-state index >= 15 is 0 Å². The maximum Gasteiger partial charge on any atom is 0.0471 e. The highest BCUT2D eigenvalue weighted by Crippen LogP contribution is 2.18. The average Bonchev–Trinajstić information content (AvgIpc) is 2.27. The lowest BCUT2D eigenvalue weighted by Crippen LogP contribution is -2.55.